The second kappa shape index (κ2) is 12.0. The number of likely N-dealkylation sites (tertiary alicyclic amines) is 1. The van der Waals surface area contributed by atoms with Gasteiger partial charge in [-0.25, -0.2) is 4.98 Å². The maximum atomic E-state index is 5.39. The average molecular weight is 527 g/mol. The first-order valence-corrected chi connectivity index (χ1v) is 10.3. The Kier molecular flexibility index (Phi) is 9.74. The molecule has 30 heavy (non-hydrogen) atoms. The Bertz CT molecular complexity index is 797. The Morgan fingerprint density at radius 1 is 1.27 bits per heavy atom. The second-order valence-electron chi connectivity index (χ2n) is 7.56. The van der Waals surface area contributed by atoms with Gasteiger partial charge in [-0.15, -0.1) is 24.0 Å². The standard InChI is InChI=1S/C22H33N5O2.HI/c1-17-9-12-26(15-19(17)27-13-11-24-16-27)22(23-2)25-10-5-6-18-7-8-20(28-3)21(14-18)29-4;/h7-8,11,13-14,16-17,19H,5-6,9-10,12,15H2,1-4H3,(H,23,25);1H. The molecule has 0 radical (unpaired) electrons. The maximum Gasteiger partial charge on any atom is 0.193 e. The van der Waals surface area contributed by atoms with Crippen molar-refractivity contribution in [1.29, 1.82) is 0 Å². The summed E-state index contributed by atoms with van der Waals surface area (Å²) >= 11 is 0. The number of piperidine rings is 1. The second-order valence-corrected chi connectivity index (χ2v) is 7.56. The highest BCUT2D eigenvalue weighted by Gasteiger charge is 2.28. The minimum Gasteiger partial charge on any atom is -0.493 e. The number of halogens is 1. The maximum absolute atomic E-state index is 5.39. The van der Waals surface area contributed by atoms with Crippen molar-refractivity contribution in [3.63, 3.8) is 0 Å². The van der Waals surface area contributed by atoms with Gasteiger partial charge in [-0.05, 0) is 42.9 Å². The van der Waals surface area contributed by atoms with Crippen LogP contribution >= 0.6 is 24.0 Å². The van der Waals surface area contributed by atoms with Crippen molar-refractivity contribution < 1.29 is 9.47 Å². The number of guanidine groups is 1. The Balaban J connectivity index is 0.00000320. The number of methoxy groups -OCH3 is 2. The van der Waals surface area contributed by atoms with Gasteiger partial charge >= 0.3 is 0 Å². The monoisotopic (exact) mass is 527 g/mol. The summed E-state index contributed by atoms with van der Waals surface area (Å²) in [5, 5.41) is 3.54. The molecule has 1 aromatic carbocycles. The van der Waals surface area contributed by atoms with E-state index in [-0.39, 0.29) is 24.0 Å². The smallest absolute Gasteiger partial charge is 0.193 e. The third-order valence-corrected chi connectivity index (χ3v) is 5.71. The molecule has 2 atom stereocenters. The molecule has 0 bridgehead atoms. The molecule has 0 amide bonds. The zero-order valence-corrected chi connectivity index (χ0v) is 20.7. The van der Waals surface area contributed by atoms with E-state index in [9.17, 15) is 0 Å². The van der Waals surface area contributed by atoms with Crippen LogP contribution in [0.15, 0.2) is 41.9 Å². The summed E-state index contributed by atoms with van der Waals surface area (Å²) in [6, 6.07) is 6.54. The average Bonchev–Trinajstić information content (AvgIpc) is 3.29. The van der Waals surface area contributed by atoms with E-state index in [1.54, 1.807) is 14.2 Å². The molecule has 1 saturated heterocycles. The molecule has 0 spiro atoms. The lowest BCUT2D eigenvalue weighted by Crippen LogP contribution is -2.49. The lowest BCUT2D eigenvalue weighted by molar-refractivity contribution is 0.189. The van der Waals surface area contributed by atoms with Crippen LogP contribution in [0.3, 0.4) is 0 Å². The van der Waals surface area contributed by atoms with Crippen LogP contribution < -0.4 is 14.8 Å². The van der Waals surface area contributed by atoms with Crippen LogP contribution in [-0.4, -0.2) is 61.3 Å². The summed E-state index contributed by atoms with van der Waals surface area (Å²) < 4.78 is 12.9. The first-order chi connectivity index (χ1) is 14.2. The molecule has 1 aromatic heterocycles. The molecular formula is C22H34IN5O2. The highest BCUT2D eigenvalue weighted by atomic mass is 127. The molecular weight excluding hydrogens is 493 g/mol. The number of nitrogens with zero attached hydrogens (tertiary/aromatic N) is 4. The molecule has 0 aliphatic carbocycles. The van der Waals surface area contributed by atoms with E-state index in [4.69, 9.17) is 9.47 Å². The van der Waals surface area contributed by atoms with Gasteiger partial charge in [-0.2, -0.15) is 0 Å². The molecule has 166 valence electrons. The minimum atomic E-state index is 0. The SMILES string of the molecule is CN=C(NCCCc1ccc(OC)c(OC)c1)N1CCC(C)C(n2ccnc2)C1.I. The molecule has 2 aromatic rings. The van der Waals surface area contributed by atoms with Crippen LogP contribution in [0, 0.1) is 5.92 Å². The molecule has 1 N–H and O–H groups in total. The van der Waals surface area contributed by atoms with Crippen LogP contribution in [0.2, 0.25) is 0 Å². The van der Waals surface area contributed by atoms with Crippen molar-refractivity contribution in [3.05, 3.63) is 42.5 Å². The molecule has 7 nitrogen and oxygen atoms in total. The lowest BCUT2D eigenvalue weighted by Gasteiger charge is -2.39. The van der Waals surface area contributed by atoms with Crippen LogP contribution in [-0.2, 0) is 6.42 Å². The van der Waals surface area contributed by atoms with Gasteiger partial charge in [-0.1, -0.05) is 13.0 Å². The summed E-state index contributed by atoms with van der Waals surface area (Å²) in [7, 11) is 5.19. The van der Waals surface area contributed by atoms with Crippen molar-refractivity contribution in [3.8, 4) is 11.5 Å². The highest BCUT2D eigenvalue weighted by Crippen LogP contribution is 2.28. The molecule has 8 heteroatoms. The van der Waals surface area contributed by atoms with Crippen LogP contribution in [0.1, 0.15) is 31.4 Å². The van der Waals surface area contributed by atoms with Crippen LogP contribution in [0.25, 0.3) is 0 Å². The Morgan fingerprint density at radius 2 is 2.07 bits per heavy atom. The predicted octanol–water partition coefficient (Wildman–Crippen LogP) is 3.61. The molecule has 3 rings (SSSR count). The van der Waals surface area contributed by atoms with Gasteiger partial charge in [0.1, 0.15) is 0 Å². The lowest BCUT2D eigenvalue weighted by atomic mass is 9.93. The summed E-state index contributed by atoms with van der Waals surface area (Å²) in [6.07, 6.45) is 8.97. The van der Waals surface area contributed by atoms with E-state index in [2.05, 4.69) is 50.0 Å². The Labute approximate surface area is 196 Å². The fourth-order valence-corrected chi connectivity index (χ4v) is 3.96. The molecule has 2 heterocycles. The topological polar surface area (TPSA) is 63.9 Å². The third-order valence-electron chi connectivity index (χ3n) is 5.71. The predicted molar refractivity (Wildman–Crippen MR) is 131 cm³/mol. The number of hydrogen-bond donors (Lipinski definition) is 1. The van der Waals surface area contributed by atoms with E-state index in [0.717, 1.165) is 56.4 Å². The van der Waals surface area contributed by atoms with Crippen LogP contribution in [0.5, 0.6) is 11.5 Å². The fraction of sp³-hybridized carbons (Fsp3) is 0.545. The van der Waals surface area contributed by atoms with Crippen molar-refractivity contribution >= 4 is 29.9 Å². The quantitative estimate of drug-likeness (QED) is 0.258. The van der Waals surface area contributed by atoms with E-state index < -0.39 is 0 Å². The van der Waals surface area contributed by atoms with Gasteiger partial charge in [0.25, 0.3) is 0 Å². The Hall–Kier alpha value is -1.97. The van der Waals surface area contributed by atoms with Crippen molar-refractivity contribution in [2.75, 3.05) is 40.9 Å². The van der Waals surface area contributed by atoms with E-state index in [1.165, 1.54) is 5.56 Å². The number of benzene rings is 1. The highest BCUT2D eigenvalue weighted by molar-refractivity contribution is 14.0. The number of aromatic nitrogens is 2. The number of nitrogens with one attached hydrogen (secondary N) is 1. The normalized spacial score (nSPS) is 19.2. The zero-order valence-electron chi connectivity index (χ0n) is 18.4. The first kappa shape index (κ1) is 24.3. The van der Waals surface area contributed by atoms with E-state index in [0.29, 0.717) is 12.0 Å². The van der Waals surface area contributed by atoms with Gasteiger partial charge in [0.15, 0.2) is 17.5 Å². The number of imidazole rings is 1. The largest absolute Gasteiger partial charge is 0.493 e. The van der Waals surface area contributed by atoms with E-state index in [1.807, 2.05) is 25.6 Å². The fourth-order valence-electron chi connectivity index (χ4n) is 3.96. The number of rotatable bonds is 7. The Morgan fingerprint density at radius 3 is 2.73 bits per heavy atom. The molecule has 1 aliphatic heterocycles. The summed E-state index contributed by atoms with van der Waals surface area (Å²) in [5.74, 6) is 3.15. The summed E-state index contributed by atoms with van der Waals surface area (Å²) in [4.78, 5) is 11.1. The van der Waals surface area contributed by atoms with Crippen molar-refractivity contribution in [2.24, 2.45) is 10.9 Å². The number of aliphatic imine (C=N–C) groups is 1. The summed E-state index contributed by atoms with van der Waals surface area (Å²) in [5.41, 5.74) is 1.24. The van der Waals surface area contributed by atoms with Crippen molar-refractivity contribution in [2.45, 2.75) is 32.2 Å². The molecule has 1 aliphatic rings. The van der Waals surface area contributed by atoms with E-state index >= 15 is 0 Å². The van der Waals surface area contributed by atoms with Gasteiger partial charge in [0, 0.05) is 39.1 Å². The zero-order chi connectivity index (χ0) is 20.6. The van der Waals surface area contributed by atoms with Gasteiger partial charge < -0.3 is 24.3 Å². The number of ether oxygens (including phenoxy) is 2. The minimum absolute atomic E-state index is 0. The van der Waals surface area contributed by atoms with Gasteiger partial charge in [0.2, 0.25) is 0 Å². The third kappa shape index (κ3) is 6.02. The molecule has 2 unspecified atom stereocenters. The molecule has 1 fully saturated rings. The summed E-state index contributed by atoms with van der Waals surface area (Å²) in [6.45, 7) is 5.18. The van der Waals surface area contributed by atoms with Gasteiger partial charge in [0.05, 0.1) is 26.6 Å². The number of aryl methyl sites for hydroxylation is 1. The van der Waals surface area contributed by atoms with Gasteiger partial charge in [-0.3, -0.25) is 4.99 Å². The first-order valence-electron chi connectivity index (χ1n) is 10.3. The number of hydrogen-bond acceptors (Lipinski definition) is 4. The molecule has 0 saturated carbocycles. The van der Waals surface area contributed by atoms with Crippen molar-refractivity contribution in [1.82, 2.24) is 19.8 Å². The van der Waals surface area contributed by atoms with Crippen LogP contribution in [0.4, 0.5) is 0 Å².